The van der Waals surface area contributed by atoms with Crippen molar-refractivity contribution in [2.45, 2.75) is 83.3 Å². The van der Waals surface area contributed by atoms with Gasteiger partial charge in [0.15, 0.2) is 0 Å². The van der Waals surface area contributed by atoms with Gasteiger partial charge in [-0.1, -0.05) is 75.4 Å². The van der Waals surface area contributed by atoms with Crippen molar-refractivity contribution < 1.29 is 24.2 Å². The molecule has 0 bridgehead atoms. The second kappa shape index (κ2) is 10.8. The van der Waals surface area contributed by atoms with Crippen LogP contribution in [-0.2, 0) is 25.7 Å². The summed E-state index contributed by atoms with van der Waals surface area (Å²) in [7, 11) is 0. The average molecular weight is 550 g/mol. The summed E-state index contributed by atoms with van der Waals surface area (Å²) in [5.74, 6) is -2.09. The summed E-state index contributed by atoms with van der Waals surface area (Å²) in [5, 5.41) is 10.5. The topological polar surface area (TPSA) is 90.4 Å². The Hall–Kier alpha value is -2.97. The van der Waals surface area contributed by atoms with Crippen LogP contribution in [0.25, 0.3) is 0 Å². The Morgan fingerprint density at radius 3 is 2.27 bits per heavy atom. The molecular formula is C32H43N3O5. The van der Waals surface area contributed by atoms with E-state index in [1.165, 1.54) is 0 Å². The van der Waals surface area contributed by atoms with Crippen LogP contribution in [0.5, 0.6) is 0 Å². The Labute approximate surface area is 237 Å². The van der Waals surface area contributed by atoms with Crippen LogP contribution in [-0.4, -0.2) is 86.6 Å². The standard InChI is InChI=1S/C32H43N3O5/c1-6-31-14-10-16-33(19-23-12-8-7-9-13-23)28(37)25(31)26-29(38)35(24(20-36)18-21(2)3)27-30(39)34(22(4)5)17-11-15-32(26,27)40-31/h7-15,21-22,24-27,36H,6,16-20H2,1-5H3/t24-,25+,26+,27?,31-,32+/m1/s1. The van der Waals surface area contributed by atoms with Crippen molar-refractivity contribution >= 4 is 17.7 Å². The molecule has 1 unspecified atom stereocenters. The van der Waals surface area contributed by atoms with E-state index in [-0.39, 0.29) is 36.3 Å². The predicted molar refractivity (Wildman–Crippen MR) is 152 cm³/mol. The molecule has 216 valence electrons. The van der Waals surface area contributed by atoms with E-state index >= 15 is 0 Å². The van der Waals surface area contributed by atoms with Crippen molar-refractivity contribution in [1.29, 1.82) is 0 Å². The number of aliphatic hydroxyl groups is 1. The van der Waals surface area contributed by atoms with Crippen LogP contribution in [0.2, 0.25) is 0 Å². The second-order valence-corrected chi connectivity index (χ2v) is 12.4. The first-order valence-electron chi connectivity index (χ1n) is 14.7. The molecule has 0 radical (unpaired) electrons. The number of hydrogen-bond donors (Lipinski definition) is 1. The molecule has 5 rings (SSSR count). The van der Waals surface area contributed by atoms with Gasteiger partial charge in [0.1, 0.15) is 11.6 Å². The minimum absolute atomic E-state index is 0.0871. The van der Waals surface area contributed by atoms with Gasteiger partial charge >= 0.3 is 0 Å². The van der Waals surface area contributed by atoms with Crippen molar-refractivity contribution in [2.75, 3.05) is 19.7 Å². The zero-order valence-electron chi connectivity index (χ0n) is 24.3. The number of fused-ring (bicyclic) bond motifs is 2. The number of rotatable bonds is 8. The Morgan fingerprint density at radius 1 is 0.950 bits per heavy atom. The quantitative estimate of drug-likeness (QED) is 0.503. The van der Waals surface area contributed by atoms with Gasteiger partial charge in [0.25, 0.3) is 0 Å². The van der Waals surface area contributed by atoms with Gasteiger partial charge in [-0.3, -0.25) is 14.4 Å². The van der Waals surface area contributed by atoms with Crippen molar-refractivity contribution in [2.24, 2.45) is 17.8 Å². The first kappa shape index (κ1) is 28.6. The van der Waals surface area contributed by atoms with E-state index < -0.39 is 35.1 Å². The normalized spacial score (nSPS) is 32.5. The largest absolute Gasteiger partial charge is 0.394 e. The van der Waals surface area contributed by atoms with E-state index in [1.807, 2.05) is 89.3 Å². The Kier molecular flexibility index (Phi) is 7.70. The van der Waals surface area contributed by atoms with E-state index in [2.05, 4.69) is 0 Å². The Morgan fingerprint density at radius 2 is 1.65 bits per heavy atom. The lowest BCUT2D eigenvalue weighted by molar-refractivity contribution is -0.158. The fraction of sp³-hybridized carbons (Fsp3) is 0.594. The molecule has 0 aliphatic carbocycles. The molecule has 4 heterocycles. The van der Waals surface area contributed by atoms with Gasteiger partial charge in [0, 0.05) is 25.7 Å². The van der Waals surface area contributed by atoms with Crippen LogP contribution in [0.1, 0.15) is 53.0 Å². The molecule has 3 amide bonds. The van der Waals surface area contributed by atoms with E-state index in [9.17, 15) is 19.5 Å². The molecule has 6 atom stereocenters. The molecule has 4 aliphatic heterocycles. The van der Waals surface area contributed by atoms with Gasteiger partial charge in [-0.2, -0.15) is 0 Å². The number of likely N-dealkylation sites (tertiary alicyclic amines) is 1. The third-order valence-electron chi connectivity index (χ3n) is 9.18. The van der Waals surface area contributed by atoms with Gasteiger partial charge in [0.2, 0.25) is 17.7 Å². The van der Waals surface area contributed by atoms with Crippen molar-refractivity contribution in [1.82, 2.24) is 14.7 Å². The summed E-state index contributed by atoms with van der Waals surface area (Å²) in [6.45, 7) is 10.9. The van der Waals surface area contributed by atoms with Crippen molar-refractivity contribution in [3.05, 3.63) is 60.2 Å². The molecule has 4 aliphatic rings. The van der Waals surface area contributed by atoms with Crippen LogP contribution in [0.4, 0.5) is 0 Å². The zero-order chi connectivity index (χ0) is 28.8. The molecule has 0 saturated carbocycles. The maximum absolute atomic E-state index is 14.6. The summed E-state index contributed by atoms with van der Waals surface area (Å²) >= 11 is 0. The molecule has 2 saturated heterocycles. The minimum Gasteiger partial charge on any atom is -0.394 e. The van der Waals surface area contributed by atoms with Gasteiger partial charge in [-0.05, 0) is 38.2 Å². The SMILES string of the molecule is CC[C@@]12C=CCN(Cc3ccccc3)C(=O)[C@@H]1[C@H]1C(=O)N([C@@H](CO)CC(C)C)C3C(=O)N(C(C)C)CC=C[C@@]31O2. The highest BCUT2D eigenvalue weighted by molar-refractivity contribution is 6.00. The molecular weight excluding hydrogens is 506 g/mol. The number of carbonyl (C=O) groups excluding carboxylic acids is 3. The summed E-state index contributed by atoms with van der Waals surface area (Å²) < 4.78 is 7.03. The number of aliphatic hydroxyl groups excluding tert-OH is 1. The van der Waals surface area contributed by atoms with Crippen LogP contribution in [0.15, 0.2) is 54.6 Å². The van der Waals surface area contributed by atoms with Crippen LogP contribution in [0.3, 0.4) is 0 Å². The molecule has 0 aromatic heterocycles. The molecule has 1 N–H and O–H groups in total. The summed E-state index contributed by atoms with van der Waals surface area (Å²) in [6.07, 6.45) is 8.77. The highest BCUT2D eigenvalue weighted by atomic mass is 16.5. The fourth-order valence-electron chi connectivity index (χ4n) is 7.39. The Balaban J connectivity index is 1.65. The van der Waals surface area contributed by atoms with Crippen LogP contribution in [0, 0.1) is 17.8 Å². The smallest absolute Gasteiger partial charge is 0.249 e. The molecule has 1 spiro atoms. The summed E-state index contributed by atoms with van der Waals surface area (Å²) in [5.41, 5.74) is -1.32. The highest BCUT2D eigenvalue weighted by Crippen LogP contribution is 2.59. The van der Waals surface area contributed by atoms with Gasteiger partial charge in [-0.25, -0.2) is 0 Å². The summed E-state index contributed by atoms with van der Waals surface area (Å²) in [6, 6.07) is 8.23. The van der Waals surface area contributed by atoms with Crippen molar-refractivity contribution in [3.63, 3.8) is 0 Å². The number of carbonyl (C=O) groups is 3. The van der Waals surface area contributed by atoms with Crippen LogP contribution < -0.4 is 0 Å². The van der Waals surface area contributed by atoms with Gasteiger partial charge < -0.3 is 24.5 Å². The third kappa shape index (κ3) is 4.40. The number of nitrogens with zero attached hydrogens (tertiary/aromatic N) is 3. The maximum atomic E-state index is 14.6. The summed E-state index contributed by atoms with van der Waals surface area (Å²) in [4.78, 5) is 48.6. The first-order chi connectivity index (χ1) is 19.1. The fourth-order valence-corrected chi connectivity index (χ4v) is 7.39. The monoisotopic (exact) mass is 549 g/mol. The molecule has 2 fully saturated rings. The number of hydrogen-bond acceptors (Lipinski definition) is 5. The molecule has 1 aromatic rings. The molecule has 8 heteroatoms. The second-order valence-electron chi connectivity index (χ2n) is 12.4. The number of ether oxygens (including phenoxy) is 1. The van der Waals surface area contributed by atoms with Crippen molar-refractivity contribution in [3.8, 4) is 0 Å². The predicted octanol–water partition coefficient (Wildman–Crippen LogP) is 3.16. The van der Waals surface area contributed by atoms with Crippen LogP contribution >= 0.6 is 0 Å². The van der Waals surface area contributed by atoms with E-state index in [1.54, 1.807) is 14.7 Å². The van der Waals surface area contributed by atoms with Gasteiger partial charge in [0.05, 0.1) is 30.1 Å². The first-order valence-corrected chi connectivity index (χ1v) is 14.7. The minimum atomic E-state index is -1.31. The maximum Gasteiger partial charge on any atom is 0.249 e. The van der Waals surface area contributed by atoms with E-state index in [0.717, 1.165) is 5.56 Å². The Bertz CT molecular complexity index is 1200. The lowest BCUT2D eigenvalue weighted by atomic mass is 9.73. The number of benzene rings is 1. The van der Waals surface area contributed by atoms with E-state index in [4.69, 9.17) is 4.74 Å². The highest BCUT2D eigenvalue weighted by Gasteiger charge is 2.75. The third-order valence-corrected chi connectivity index (χ3v) is 9.18. The molecule has 40 heavy (non-hydrogen) atoms. The van der Waals surface area contributed by atoms with E-state index in [0.29, 0.717) is 32.5 Å². The average Bonchev–Trinajstić information content (AvgIpc) is 3.22. The number of amides is 3. The molecule has 8 nitrogen and oxygen atoms in total. The van der Waals surface area contributed by atoms with Gasteiger partial charge in [-0.15, -0.1) is 0 Å². The lowest BCUT2D eigenvalue weighted by Crippen LogP contribution is -2.59. The molecule has 1 aromatic carbocycles. The zero-order valence-corrected chi connectivity index (χ0v) is 24.3. The lowest BCUT2D eigenvalue weighted by Gasteiger charge is -2.41.